The number of rotatable bonds is 4. The van der Waals surface area contributed by atoms with Crippen molar-refractivity contribution in [3.8, 4) is 0 Å². The fourth-order valence-electron chi connectivity index (χ4n) is 5.57. The summed E-state index contributed by atoms with van der Waals surface area (Å²) in [7, 11) is 6.41. The van der Waals surface area contributed by atoms with Gasteiger partial charge in [0.25, 0.3) is 5.91 Å². The van der Waals surface area contributed by atoms with Gasteiger partial charge in [-0.05, 0) is 11.1 Å². The van der Waals surface area contributed by atoms with Gasteiger partial charge in [0.2, 0.25) is 17.3 Å². The maximum absolute atomic E-state index is 14.1. The van der Waals surface area contributed by atoms with Crippen molar-refractivity contribution in [1.82, 2.24) is 9.80 Å². The number of likely N-dealkylation sites (tertiary alicyclic amines) is 1. The number of ketones is 3. The first-order valence-electron chi connectivity index (χ1n) is 11.6. The molecule has 0 radical (unpaired) electrons. The smallest absolute Gasteiger partial charge is 0.327 e. The Morgan fingerprint density at radius 3 is 2.39 bits per heavy atom. The van der Waals surface area contributed by atoms with Crippen molar-refractivity contribution in [1.29, 1.82) is 0 Å². The molecule has 0 spiro atoms. The molecule has 2 aliphatic carbocycles. The zero-order valence-corrected chi connectivity index (χ0v) is 20.5. The molecule has 11 nitrogen and oxygen atoms in total. The number of likely N-dealkylation sites (N-methyl/N-ethyl adjacent to an activating group) is 3. The van der Waals surface area contributed by atoms with E-state index >= 15 is 0 Å². The quantitative estimate of drug-likeness (QED) is 0.210. The Labute approximate surface area is 206 Å². The molecule has 2 fully saturated rings. The average molecular weight is 493 g/mol. The Bertz CT molecular complexity index is 1400. The van der Waals surface area contributed by atoms with Crippen LogP contribution in [0.25, 0.3) is 0 Å². The van der Waals surface area contributed by atoms with Crippen LogP contribution in [0.15, 0.2) is 62.2 Å². The van der Waals surface area contributed by atoms with Crippen LogP contribution < -0.4 is 10.8 Å². The molecule has 3 heterocycles. The molecule has 186 valence electrons. The molecule has 0 aromatic heterocycles. The Morgan fingerprint density at radius 1 is 1.08 bits per heavy atom. The third-order valence-electron chi connectivity index (χ3n) is 7.50. The van der Waals surface area contributed by atoms with Crippen molar-refractivity contribution < 1.29 is 39.3 Å². The highest BCUT2D eigenvalue weighted by Crippen LogP contribution is 2.44. The number of Topliss-reactive ketones (excluding diaryl/α,β-unsaturated/α-hetero) is 2. The summed E-state index contributed by atoms with van der Waals surface area (Å²) in [4.78, 5) is 72.1. The largest absolute Gasteiger partial charge is 0.872 e. The highest BCUT2D eigenvalue weighted by molar-refractivity contribution is 6.59. The number of amides is 3. The average Bonchev–Trinajstić information content (AvgIpc) is 3.44. The SMILES string of the molecule is CN1C(=O)C(C2=C(C3=C4CC[N+](C)(C)C4=CC(=O)C3=O)C(=O)C3=NC=C(CC[NH3+])C3=C2[O-])N(C)C1=O. The lowest BCUT2D eigenvalue weighted by Crippen LogP contribution is -2.50. The van der Waals surface area contributed by atoms with Gasteiger partial charge < -0.3 is 15.7 Å². The summed E-state index contributed by atoms with van der Waals surface area (Å²) in [6.07, 6.45) is 3.48. The third-order valence-corrected chi connectivity index (χ3v) is 7.50. The molecule has 0 aromatic rings. The maximum atomic E-state index is 14.1. The lowest BCUT2D eigenvalue weighted by Gasteiger charge is -2.34. The van der Waals surface area contributed by atoms with Crippen molar-refractivity contribution in [3.05, 3.63) is 57.2 Å². The Balaban J connectivity index is 1.86. The monoisotopic (exact) mass is 492 g/mol. The van der Waals surface area contributed by atoms with Gasteiger partial charge in [0.05, 0.1) is 33.3 Å². The summed E-state index contributed by atoms with van der Waals surface area (Å²) in [5.41, 5.74) is 4.60. The van der Waals surface area contributed by atoms with Crippen LogP contribution in [0.2, 0.25) is 0 Å². The summed E-state index contributed by atoms with van der Waals surface area (Å²) < 4.78 is 0.319. The molecular formula is C25H26N5O6+. The van der Waals surface area contributed by atoms with E-state index in [1.807, 2.05) is 14.1 Å². The first kappa shape index (κ1) is 23.8. The molecule has 0 bridgehead atoms. The van der Waals surface area contributed by atoms with E-state index in [2.05, 4.69) is 10.7 Å². The number of nitrogens with zero attached hydrogens (tertiary/aromatic N) is 4. The summed E-state index contributed by atoms with van der Waals surface area (Å²) in [5, 5.41) is 14.1. The number of urea groups is 1. The van der Waals surface area contributed by atoms with E-state index in [1.54, 1.807) is 0 Å². The van der Waals surface area contributed by atoms with Crippen molar-refractivity contribution in [2.45, 2.75) is 18.9 Å². The Hall–Kier alpha value is -3.96. The lowest BCUT2D eigenvalue weighted by molar-refractivity contribution is -0.841. The molecule has 1 unspecified atom stereocenters. The summed E-state index contributed by atoms with van der Waals surface area (Å²) >= 11 is 0. The first-order chi connectivity index (χ1) is 16.9. The Morgan fingerprint density at radius 2 is 1.78 bits per heavy atom. The minimum atomic E-state index is -1.42. The van der Waals surface area contributed by atoms with E-state index in [9.17, 15) is 29.1 Å². The highest BCUT2D eigenvalue weighted by atomic mass is 16.3. The fourth-order valence-corrected chi connectivity index (χ4v) is 5.57. The number of quaternary nitrogens is 2. The van der Waals surface area contributed by atoms with Gasteiger partial charge in [-0.25, -0.2) is 4.79 Å². The zero-order chi connectivity index (χ0) is 26.3. The zero-order valence-electron chi connectivity index (χ0n) is 20.5. The van der Waals surface area contributed by atoms with E-state index in [-0.39, 0.29) is 28.0 Å². The third kappa shape index (κ3) is 2.99. The minimum absolute atomic E-state index is 0.0593. The molecule has 2 saturated heterocycles. The molecule has 1 atom stereocenters. The lowest BCUT2D eigenvalue weighted by atomic mass is 9.75. The predicted octanol–water partition coefficient (Wildman–Crippen LogP) is -1.84. The summed E-state index contributed by atoms with van der Waals surface area (Å²) in [5.74, 6) is -3.77. The number of aliphatic imine (C=N–C) groups is 1. The number of hydrogen-bond donors (Lipinski definition) is 1. The number of hydrogen-bond acceptors (Lipinski definition) is 7. The van der Waals surface area contributed by atoms with E-state index < -0.39 is 41.1 Å². The number of allylic oxidation sites excluding steroid dienone is 5. The number of carbonyl (C=O) groups excluding carboxylic acids is 5. The van der Waals surface area contributed by atoms with Gasteiger partial charge in [0.15, 0.2) is 0 Å². The van der Waals surface area contributed by atoms with Gasteiger partial charge in [-0.1, -0.05) is 5.76 Å². The molecule has 0 saturated carbocycles. The van der Waals surface area contributed by atoms with Crippen molar-refractivity contribution in [3.63, 3.8) is 0 Å². The van der Waals surface area contributed by atoms with Gasteiger partial charge in [-0.3, -0.25) is 33.6 Å². The summed E-state index contributed by atoms with van der Waals surface area (Å²) in [6.45, 7) is 1.02. The second-order valence-corrected chi connectivity index (χ2v) is 9.99. The maximum Gasteiger partial charge on any atom is 0.327 e. The van der Waals surface area contributed by atoms with Crippen LogP contribution >= 0.6 is 0 Å². The van der Waals surface area contributed by atoms with Crippen molar-refractivity contribution >= 4 is 35.0 Å². The van der Waals surface area contributed by atoms with Crippen molar-refractivity contribution in [2.24, 2.45) is 4.99 Å². The minimum Gasteiger partial charge on any atom is -0.872 e. The van der Waals surface area contributed by atoms with Crippen LogP contribution in [0, 0.1) is 0 Å². The molecule has 0 aromatic carbocycles. The van der Waals surface area contributed by atoms with E-state index in [4.69, 9.17) is 0 Å². The first-order valence-corrected chi connectivity index (χ1v) is 11.6. The van der Waals surface area contributed by atoms with Gasteiger partial charge >= 0.3 is 6.03 Å². The standard InChI is InChI=1S/C25H25N5O6/c1-28-20(24(35)29(2)25(28)36)18-17(23(34)19-15(22(18)33)11(5-7-26)10-27-19)16-12-6-8-30(3,4)13(12)9-14(31)21(16)32/h9-10,20H,5-8,26H2,1-4H3/p+1. The molecule has 11 heteroatoms. The van der Waals surface area contributed by atoms with Crippen LogP contribution in [0.5, 0.6) is 0 Å². The molecule has 5 aliphatic rings. The number of carbonyl (C=O) groups is 5. The van der Waals surface area contributed by atoms with Crippen LogP contribution in [-0.4, -0.2) is 96.6 Å². The van der Waals surface area contributed by atoms with E-state index in [0.717, 1.165) is 9.80 Å². The molecule has 36 heavy (non-hydrogen) atoms. The molecule has 3 aliphatic heterocycles. The molecule has 3 amide bonds. The van der Waals surface area contributed by atoms with E-state index in [0.29, 0.717) is 47.3 Å². The number of fused-ring (bicyclic) bond motifs is 2. The van der Waals surface area contributed by atoms with Crippen molar-refractivity contribution in [2.75, 3.05) is 41.3 Å². The van der Waals surface area contributed by atoms with E-state index in [1.165, 1.54) is 26.4 Å². The highest BCUT2D eigenvalue weighted by Gasteiger charge is 2.51. The van der Waals surface area contributed by atoms with Gasteiger partial charge in [-0.2, -0.15) is 0 Å². The summed E-state index contributed by atoms with van der Waals surface area (Å²) in [6, 6.07) is -2.07. The second kappa shape index (κ2) is 7.77. The fraction of sp³-hybridized carbons (Fsp3) is 0.360. The Kier molecular flexibility index (Phi) is 5.13. The van der Waals surface area contributed by atoms with Gasteiger partial charge in [0.1, 0.15) is 17.5 Å². The topological polar surface area (TPSA) is 155 Å². The normalized spacial score (nSPS) is 25.8. The number of imide groups is 1. The van der Waals surface area contributed by atoms with Crippen LogP contribution in [0.4, 0.5) is 4.79 Å². The molecule has 3 N–H and O–H groups in total. The van der Waals surface area contributed by atoms with Crippen LogP contribution in [-0.2, 0) is 19.2 Å². The van der Waals surface area contributed by atoms with Gasteiger partial charge in [0, 0.05) is 55.4 Å². The second-order valence-electron chi connectivity index (χ2n) is 9.99. The molecular weight excluding hydrogens is 466 g/mol. The molecule has 5 rings (SSSR count). The predicted molar refractivity (Wildman–Crippen MR) is 123 cm³/mol. The van der Waals surface area contributed by atoms with Crippen LogP contribution in [0.3, 0.4) is 0 Å². The van der Waals surface area contributed by atoms with Gasteiger partial charge in [-0.15, -0.1) is 0 Å². The van der Waals surface area contributed by atoms with Crippen LogP contribution in [0.1, 0.15) is 12.8 Å².